The lowest BCUT2D eigenvalue weighted by molar-refractivity contribution is 0.308. The van der Waals surface area contributed by atoms with Crippen LogP contribution in [0.2, 0.25) is 0 Å². The van der Waals surface area contributed by atoms with Crippen LogP contribution in [0.3, 0.4) is 0 Å². The van der Waals surface area contributed by atoms with Crippen molar-refractivity contribution in [3.8, 4) is 5.75 Å². The molecule has 2 aromatic rings. The van der Waals surface area contributed by atoms with Crippen molar-refractivity contribution in [2.75, 3.05) is 20.2 Å². The molecule has 1 aliphatic heterocycles. The SMILES string of the molecule is COc1ccc(S(=O)(=O)N2CCC(NS(=O)(=O)c3cc(F)cc(F)c3)CC2)cc1. The van der Waals surface area contributed by atoms with E-state index in [-0.39, 0.29) is 30.8 Å². The zero-order valence-electron chi connectivity index (χ0n) is 15.5. The quantitative estimate of drug-likeness (QED) is 0.734. The second-order valence-corrected chi connectivity index (χ2v) is 10.2. The molecule has 0 bridgehead atoms. The van der Waals surface area contributed by atoms with E-state index in [1.165, 1.54) is 23.5 Å². The summed E-state index contributed by atoms with van der Waals surface area (Å²) in [6.07, 6.45) is 0.457. The van der Waals surface area contributed by atoms with E-state index in [4.69, 9.17) is 4.74 Å². The predicted octanol–water partition coefficient (Wildman–Crippen LogP) is 2.10. The molecule has 0 radical (unpaired) electrons. The first kappa shape index (κ1) is 21.6. The highest BCUT2D eigenvalue weighted by Crippen LogP contribution is 2.24. The van der Waals surface area contributed by atoms with Crippen molar-refractivity contribution in [2.24, 2.45) is 0 Å². The van der Waals surface area contributed by atoms with Gasteiger partial charge in [-0.05, 0) is 49.2 Å². The first-order chi connectivity index (χ1) is 13.6. The minimum atomic E-state index is -4.13. The van der Waals surface area contributed by atoms with Crippen LogP contribution in [0.5, 0.6) is 5.75 Å². The zero-order valence-corrected chi connectivity index (χ0v) is 17.1. The molecule has 0 unspecified atom stereocenters. The van der Waals surface area contributed by atoms with E-state index in [1.807, 2.05) is 0 Å². The number of nitrogens with zero attached hydrogens (tertiary/aromatic N) is 1. The summed E-state index contributed by atoms with van der Waals surface area (Å²) < 4.78 is 85.6. The van der Waals surface area contributed by atoms with Gasteiger partial charge in [0, 0.05) is 25.2 Å². The first-order valence-corrected chi connectivity index (χ1v) is 11.7. The molecule has 7 nitrogen and oxygen atoms in total. The highest BCUT2D eigenvalue weighted by molar-refractivity contribution is 7.89. The van der Waals surface area contributed by atoms with Gasteiger partial charge in [0.2, 0.25) is 20.0 Å². The van der Waals surface area contributed by atoms with E-state index in [2.05, 4.69) is 4.72 Å². The Morgan fingerprint density at radius 2 is 1.48 bits per heavy atom. The van der Waals surface area contributed by atoms with Gasteiger partial charge in [-0.3, -0.25) is 0 Å². The van der Waals surface area contributed by atoms with E-state index in [1.54, 1.807) is 12.1 Å². The fourth-order valence-electron chi connectivity index (χ4n) is 3.08. The number of piperidine rings is 1. The van der Waals surface area contributed by atoms with Gasteiger partial charge in [0.25, 0.3) is 0 Å². The second kappa shape index (κ2) is 8.34. The standard InChI is InChI=1S/C18H20F2N2O5S2/c1-27-16-2-4-17(5-3-16)29(25,26)22-8-6-15(7-9-22)21-28(23,24)18-11-13(19)10-14(20)12-18/h2-5,10-12,15,21H,6-9H2,1H3. The number of ether oxygens (including phenoxy) is 1. The van der Waals surface area contributed by atoms with Crippen molar-refractivity contribution < 1.29 is 30.4 Å². The van der Waals surface area contributed by atoms with Gasteiger partial charge >= 0.3 is 0 Å². The van der Waals surface area contributed by atoms with E-state index in [0.29, 0.717) is 11.8 Å². The first-order valence-electron chi connectivity index (χ1n) is 8.74. The van der Waals surface area contributed by atoms with Crippen LogP contribution in [0.25, 0.3) is 0 Å². The molecule has 1 aliphatic rings. The number of nitrogens with one attached hydrogen (secondary N) is 1. The van der Waals surface area contributed by atoms with Crippen molar-refractivity contribution in [1.29, 1.82) is 0 Å². The third-order valence-corrected chi connectivity index (χ3v) is 8.03. The Morgan fingerprint density at radius 1 is 0.931 bits per heavy atom. The van der Waals surface area contributed by atoms with Crippen LogP contribution in [0, 0.1) is 11.6 Å². The Labute approximate surface area is 168 Å². The third-order valence-electron chi connectivity index (χ3n) is 4.62. The van der Waals surface area contributed by atoms with Crippen molar-refractivity contribution in [1.82, 2.24) is 9.03 Å². The number of hydrogen-bond acceptors (Lipinski definition) is 5. The normalized spacial score (nSPS) is 16.7. The number of hydrogen-bond donors (Lipinski definition) is 1. The summed E-state index contributed by atoms with van der Waals surface area (Å²) in [6.45, 7) is 0.220. The number of benzene rings is 2. The van der Waals surface area contributed by atoms with Gasteiger partial charge in [0.05, 0.1) is 16.9 Å². The molecule has 0 atom stereocenters. The van der Waals surface area contributed by atoms with Crippen molar-refractivity contribution >= 4 is 20.0 Å². The van der Waals surface area contributed by atoms with Crippen molar-refractivity contribution in [3.63, 3.8) is 0 Å². The van der Waals surface area contributed by atoms with E-state index >= 15 is 0 Å². The van der Waals surface area contributed by atoms with Crippen LogP contribution < -0.4 is 9.46 Å². The van der Waals surface area contributed by atoms with Gasteiger partial charge in [-0.2, -0.15) is 4.31 Å². The molecule has 29 heavy (non-hydrogen) atoms. The topological polar surface area (TPSA) is 92.8 Å². The summed E-state index contributed by atoms with van der Waals surface area (Å²) in [6, 6.07) is 7.49. The smallest absolute Gasteiger partial charge is 0.243 e. The zero-order chi connectivity index (χ0) is 21.2. The van der Waals surface area contributed by atoms with Gasteiger partial charge in [0.1, 0.15) is 17.4 Å². The maximum atomic E-state index is 13.3. The summed E-state index contributed by atoms with van der Waals surface area (Å²) in [5.41, 5.74) is 0. The second-order valence-electron chi connectivity index (χ2n) is 6.58. The van der Waals surface area contributed by atoms with Crippen LogP contribution in [0.15, 0.2) is 52.3 Å². The molecular formula is C18H20F2N2O5S2. The average Bonchev–Trinajstić information content (AvgIpc) is 2.67. The van der Waals surface area contributed by atoms with Crippen LogP contribution in [0.4, 0.5) is 8.78 Å². The highest BCUT2D eigenvalue weighted by atomic mass is 32.2. The largest absolute Gasteiger partial charge is 0.497 e. The van der Waals surface area contributed by atoms with Gasteiger partial charge in [-0.25, -0.2) is 30.3 Å². The summed E-state index contributed by atoms with van der Waals surface area (Å²) >= 11 is 0. The van der Waals surface area contributed by atoms with Crippen LogP contribution >= 0.6 is 0 Å². The molecule has 1 fully saturated rings. The Balaban J connectivity index is 1.66. The molecule has 0 aliphatic carbocycles. The summed E-state index contributed by atoms with van der Waals surface area (Å²) in [5, 5.41) is 0. The average molecular weight is 446 g/mol. The van der Waals surface area contributed by atoms with E-state index < -0.39 is 42.6 Å². The number of sulfonamides is 2. The lowest BCUT2D eigenvalue weighted by Gasteiger charge is -2.31. The molecule has 0 aromatic heterocycles. The van der Waals surface area contributed by atoms with E-state index in [9.17, 15) is 25.6 Å². The summed E-state index contributed by atoms with van der Waals surface area (Å²) in [7, 11) is -6.37. The molecule has 1 N–H and O–H groups in total. The number of rotatable bonds is 6. The van der Waals surface area contributed by atoms with Gasteiger partial charge < -0.3 is 4.74 Å². The van der Waals surface area contributed by atoms with E-state index in [0.717, 1.165) is 12.1 Å². The van der Waals surface area contributed by atoms with Crippen LogP contribution in [-0.4, -0.2) is 47.4 Å². The summed E-state index contributed by atoms with van der Waals surface area (Å²) in [5.74, 6) is -1.46. The Bertz CT molecular complexity index is 1060. The predicted molar refractivity (Wildman–Crippen MR) is 101 cm³/mol. The van der Waals surface area contributed by atoms with Crippen molar-refractivity contribution in [2.45, 2.75) is 28.7 Å². The molecule has 0 spiro atoms. The maximum Gasteiger partial charge on any atom is 0.243 e. The number of methoxy groups -OCH3 is 1. The Kier molecular flexibility index (Phi) is 6.22. The molecule has 2 aromatic carbocycles. The maximum absolute atomic E-state index is 13.3. The highest BCUT2D eigenvalue weighted by Gasteiger charge is 2.31. The van der Waals surface area contributed by atoms with Crippen LogP contribution in [-0.2, 0) is 20.0 Å². The lowest BCUT2D eigenvalue weighted by atomic mass is 10.1. The number of halogens is 2. The molecule has 0 saturated carbocycles. The Morgan fingerprint density at radius 3 is 2.00 bits per heavy atom. The fourth-order valence-corrected chi connectivity index (χ4v) is 5.90. The van der Waals surface area contributed by atoms with Crippen molar-refractivity contribution in [3.05, 3.63) is 54.1 Å². The van der Waals surface area contributed by atoms with Crippen LogP contribution in [0.1, 0.15) is 12.8 Å². The van der Waals surface area contributed by atoms with Gasteiger partial charge in [-0.1, -0.05) is 0 Å². The fraction of sp³-hybridized carbons (Fsp3) is 0.333. The monoisotopic (exact) mass is 446 g/mol. The third kappa shape index (κ3) is 4.92. The molecule has 0 amide bonds. The molecule has 1 heterocycles. The lowest BCUT2D eigenvalue weighted by Crippen LogP contribution is -2.46. The van der Waals surface area contributed by atoms with Gasteiger partial charge in [0.15, 0.2) is 0 Å². The molecule has 1 saturated heterocycles. The minimum absolute atomic E-state index is 0.110. The van der Waals surface area contributed by atoms with Gasteiger partial charge in [-0.15, -0.1) is 0 Å². The molecule has 3 rings (SSSR count). The molecular weight excluding hydrogens is 426 g/mol. The minimum Gasteiger partial charge on any atom is -0.497 e. The molecule has 158 valence electrons. The molecule has 11 heteroatoms. The Hall–Kier alpha value is -2.08. The summed E-state index contributed by atoms with van der Waals surface area (Å²) in [4.78, 5) is -0.393.